The molecule has 0 spiro atoms. The first-order valence-corrected chi connectivity index (χ1v) is 11.5. The summed E-state index contributed by atoms with van der Waals surface area (Å²) in [7, 11) is 0. The van der Waals surface area contributed by atoms with Crippen LogP contribution in [0.25, 0.3) is 5.57 Å². The number of aromatic nitrogens is 2. The minimum absolute atomic E-state index is 0.169. The molecule has 1 aliphatic heterocycles. The van der Waals surface area contributed by atoms with Crippen molar-refractivity contribution in [2.45, 2.75) is 71.8 Å². The molecule has 1 atom stereocenters. The Hall–Kier alpha value is -2.42. The van der Waals surface area contributed by atoms with Crippen LogP contribution < -0.4 is 0 Å². The van der Waals surface area contributed by atoms with Crippen LogP contribution in [-0.2, 0) is 13.0 Å². The van der Waals surface area contributed by atoms with Gasteiger partial charge in [-0.15, -0.1) is 0 Å². The number of rotatable bonds is 7. The summed E-state index contributed by atoms with van der Waals surface area (Å²) in [6, 6.07) is 9.27. The van der Waals surface area contributed by atoms with Gasteiger partial charge in [-0.3, -0.25) is 4.68 Å². The third kappa shape index (κ3) is 4.66. The summed E-state index contributed by atoms with van der Waals surface area (Å²) in [5.74, 6) is 0.998. The number of allylic oxidation sites excluding steroid dienone is 6. The first-order chi connectivity index (χ1) is 14.6. The SMILES string of the molecule is C\C=C(C)/C(=C\C(=C\CC)C1CC1)c1cc2n(n1)CCCC2Cc1ccc(F)cc1. The van der Waals surface area contributed by atoms with Crippen molar-refractivity contribution in [3.8, 4) is 0 Å². The van der Waals surface area contributed by atoms with Gasteiger partial charge in [-0.1, -0.05) is 31.2 Å². The molecule has 2 heterocycles. The zero-order valence-corrected chi connectivity index (χ0v) is 18.5. The van der Waals surface area contributed by atoms with Crippen LogP contribution in [0.3, 0.4) is 0 Å². The number of fused-ring (bicyclic) bond motifs is 1. The summed E-state index contributed by atoms with van der Waals surface area (Å²) in [5.41, 5.74) is 7.62. The molecule has 2 aromatic rings. The normalized spacial score (nSPS) is 20.4. The van der Waals surface area contributed by atoms with E-state index < -0.39 is 0 Å². The van der Waals surface area contributed by atoms with E-state index in [1.165, 1.54) is 40.8 Å². The average Bonchev–Trinajstić information content (AvgIpc) is 3.51. The highest BCUT2D eigenvalue weighted by Gasteiger charge is 2.27. The first kappa shape index (κ1) is 20.8. The smallest absolute Gasteiger partial charge is 0.123 e. The molecule has 30 heavy (non-hydrogen) atoms. The van der Waals surface area contributed by atoms with Gasteiger partial charge in [0.25, 0.3) is 0 Å². The van der Waals surface area contributed by atoms with Crippen molar-refractivity contribution in [2.24, 2.45) is 5.92 Å². The highest BCUT2D eigenvalue weighted by atomic mass is 19.1. The van der Waals surface area contributed by atoms with Crippen molar-refractivity contribution < 1.29 is 4.39 Å². The standard InChI is InChI=1S/C27H33FN2/c1-4-7-22(21-11-12-21)17-25(19(3)5-2)26-18-27-23(8-6-15-30(27)29-26)16-20-9-13-24(28)14-10-20/h5,7,9-10,13-14,17-18,21,23H,4,6,8,11-12,15-16H2,1-3H3/b19-5-,22-7-,25-17+. The van der Waals surface area contributed by atoms with Gasteiger partial charge in [0.05, 0.1) is 5.69 Å². The second-order valence-electron chi connectivity index (χ2n) is 8.76. The van der Waals surface area contributed by atoms with E-state index in [2.05, 4.69) is 49.7 Å². The Kier molecular flexibility index (Phi) is 6.36. The van der Waals surface area contributed by atoms with Crippen LogP contribution >= 0.6 is 0 Å². The third-order valence-corrected chi connectivity index (χ3v) is 6.48. The van der Waals surface area contributed by atoms with Gasteiger partial charge in [-0.25, -0.2) is 4.39 Å². The van der Waals surface area contributed by atoms with Crippen molar-refractivity contribution in [3.05, 3.63) is 82.5 Å². The topological polar surface area (TPSA) is 17.8 Å². The van der Waals surface area contributed by atoms with Gasteiger partial charge in [-0.2, -0.15) is 5.10 Å². The molecule has 4 rings (SSSR count). The number of halogens is 1. The molecule has 1 aromatic heterocycles. The summed E-state index contributed by atoms with van der Waals surface area (Å²) in [5, 5.41) is 5.04. The Bertz CT molecular complexity index is 971. The maximum atomic E-state index is 13.3. The van der Waals surface area contributed by atoms with Crippen LogP contribution in [0.2, 0.25) is 0 Å². The van der Waals surface area contributed by atoms with Crippen LogP contribution in [0, 0.1) is 11.7 Å². The van der Waals surface area contributed by atoms with Gasteiger partial charge in [0.15, 0.2) is 0 Å². The van der Waals surface area contributed by atoms with Gasteiger partial charge in [0, 0.05) is 23.7 Å². The molecule has 3 heteroatoms. The largest absolute Gasteiger partial charge is 0.269 e. The highest BCUT2D eigenvalue weighted by molar-refractivity contribution is 5.78. The van der Waals surface area contributed by atoms with E-state index in [0.717, 1.165) is 43.8 Å². The molecule has 1 saturated carbocycles. The monoisotopic (exact) mass is 404 g/mol. The Morgan fingerprint density at radius 2 is 1.97 bits per heavy atom. The zero-order chi connectivity index (χ0) is 21.1. The molecule has 0 radical (unpaired) electrons. The molecule has 1 unspecified atom stereocenters. The van der Waals surface area contributed by atoms with Gasteiger partial charge >= 0.3 is 0 Å². The number of aryl methyl sites for hydroxylation is 1. The molecule has 158 valence electrons. The van der Waals surface area contributed by atoms with E-state index in [-0.39, 0.29) is 5.82 Å². The molecule has 1 aromatic carbocycles. The Labute approximate surface area is 180 Å². The summed E-state index contributed by atoms with van der Waals surface area (Å²) < 4.78 is 15.5. The molecule has 0 N–H and O–H groups in total. The first-order valence-electron chi connectivity index (χ1n) is 11.5. The molecule has 0 saturated heterocycles. The Balaban J connectivity index is 1.66. The van der Waals surface area contributed by atoms with E-state index in [0.29, 0.717) is 5.92 Å². The summed E-state index contributed by atoms with van der Waals surface area (Å²) >= 11 is 0. The van der Waals surface area contributed by atoms with E-state index in [1.807, 2.05) is 12.1 Å². The Morgan fingerprint density at radius 3 is 2.63 bits per heavy atom. The van der Waals surface area contributed by atoms with Crippen molar-refractivity contribution in [1.82, 2.24) is 9.78 Å². The second kappa shape index (κ2) is 9.16. The molecular formula is C27H33FN2. The van der Waals surface area contributed by atoms with E-state index in [1.54, 1.807) is 12.1 Å². The van der Waals surface area contributed by atoms with Crippen molar-refractivity contribution in [3.63, 3.8) is 0 Å². The van der Waals surface area contributed by atoms with Crippen molar-refractivity contribution in [2.75, 3.05) is 0 Å². The maximum Gasteiger partial charge on any atom is 0.123 e. The quantitative estimate of drug-likeness (QED) is 0.445. The van der Waals surface area contributed by atoms with E-state index in [9.17, 15) is 4.39 Å². The number of benzene rings is 1. The zero-order valence-electron chi connectivity index (χ0n) is 18.5. The fourth-order valence-electron chi connectivity index (χ4n) is 4.53. The van der Waals surface area contributed by atoms with E-state index in [4.69, 9.17) is 5.10 Å². The predicted octanol–water partition coefficient (Wildman–Crippen LogP) is 7.24. The molecule has 2 aliphatic rings. The van der Waals surface area contributed by atoms with Gasteiger partial charge in [0.1, 0.15) is 5.82 Å². The van der Waals surface area contributed by atoms with Crippen molar-refractivity contribution >= 4 is 5.57 Å². The van der Waals surface area contributed by atoms with Crippen molar-refractivity contribution in [1.29, 1.82) is 0 Å². The lowest BCUT2D eigenvalue weighted by Gasteiger charge is -2.23. The molecule has 1 fully saturated rings. The van der Waals surface area contributed by atoms with E-state index >= 15 is 0 Å². The minimum atomic E-state index is -0.169. The molecular weight excluding hydrogens is 371 g/mol. The molecule has 0 amide bonds. The molecule has 2 nitrogen and oxygen atoms in total. The fourth-order valence-corrected chi connectivity index (χ4v) is 4.53. The van der Waals surface area contributed by atoms with Gasteiger partial charge in [-0.05, 0) is 99.3 Å². The number of hydrogen-bond acceptors (Lipinski definition) is 1. The van der Waals surface area contributed by atoms with Crippen LogP contribution in [0.1, 0.15) is 75.7 Å². The highest BCUT2D eigenvalue weighted by Crippen LogP contribution is 2.40. The average molecular weight is 405 g/mol. The van der Waals surface area contributed by atoms with Crippen LogP contribution in [0.5, 0.6) is 0 Å². The minimum Gasteiger partial charge on any atom is -0.269 e. The second-order valence-corrected chi connectivity index (χ2v) is 8.76. The predicted molar refractivity (Wildman–Crippen MR) is 123 cm³/mol. The van der Waals surface area contributed by atoms with Gasteiger partial charge < -0.3 is 0 Å². The lowest BCUT2D eigenvalue weighted by atomic mass is 9.89. The van der Waals surface area contributed by atoms with Crippen LogP contribution in [-0.4, -0.2) is 9.78 Å². The number of nitrogens with zero attached hydrogens (tertiary/aromatic N) is 2. The lowest BCUT2D eigenvalue weighted by molar-refractivity contribution is 0.421. The third-order valence-electron chi connectivity index (χ3n) is 6.48. The maximum absolute atomic E-state index is 13.3. The lowest BCUT2D eigenvalue weighted by Crippen LogP contribution is -2.17. The number of hydrogen-bond donors (Lipinski definition) is 0. The summed E-state index contributed by atoms with van der Waals surface area (Å²) in [4.78, 5) is 0. The van der Waals surface area contributed by atoms with Gasteiger partial charge in [0.2, 0.25) is 0 Å². The van der Waals surface area contributed by atoms with Crippen LogP contribution in [0.15, 0.2) is 59.7 Å². The molecule has 1 aliphatic carbocycles. The fraction of sp³-hybridized carbons (Fsp3) is 0.444. The van der Waals surface area contributed by atoms with Crippen LogP contribution in [0.4, 0.5) is 4.39 Å². The molecule has 0 bridgehead atoms. The summed E-state index contributed by atoms with van der Waals surface area (Å²) in [6.45, 7) is 7.50. The summed E-state index contributed by atoms with van der Waals surface area (Å²) in [6.07, 6.45) is 13.9. The Morgan fingerprint density at radius 1 is 1.20 bits per heavy atom.